The van der Waals surface area contributed by atoms with E-state index in [1.807, 2.05) is 18.5 Å². The van der Waals surface area contributed by atoms with Crippen molar-refractivity contribution in [2.24, 2.45) is 0 Å². The quantitative estimate of drug-likeness (QED) is 0.217. The number of hydrogen-bond donors (Lipinski definition) is 0. The zero-order chi connectivity index (χ0) is 26.5. The highest BCUT2D eigenvalue weighted by Crippen LogP contribution is 2.46. The summed E-state index contributed by atoms with van der Waals surface area (Å²) in [5, 5.41) is 10.0. The van der Waals surface area contributed by atoms with E-state index >= 15 is 0 Å². The maximum Gasteiger partial charge on any atom is 0.0346 e. The molecule has 0 atom stereocenters. The summed E-state index contributed by atoms with van der Waals surface area (Å²) < 4.78 is 0. The van der Waals surface area contributed by atoms with Gasteiger partial charge in [-0.2, -0.15) is 0 Å². The highest BCUT2D eigenvalue weighted by molar-refractivity contribution is 6.23. The first-order valence-corrected chi connectivity index (χ1v) is 13.7. The average molecular weight is 508 g/mol. The Morgan fingerprint density at radius 3 is 1.60 bits per heavy atom. The molecule has 1 heterocycles. The third-order valence-electron chi connectivity index (χ3n) is 8.10. The van der Waals surface area contributed by atoms with Crippen LogP contribution < -0.4 is 0 Å². The second kappa shape index (κ2) is 9.18. The highest BCUT2D eigenvalue weighted by atomic mass is 14.6. The number of aromatic nitrogens is 1. The van der Waals surface area contributed by atoms with Crippen molar-refractivity contribution < 1.29 is 0 Å². The van der Waals surface area contributed by atoms with E-state index in [9.17, 15) is 0 Å². The lowest BCUT2D eigenvalue weighted by Gasteiger charge is -2.19. The summed E-state index contributed by atoms with van der Waals surface area (Å²) in [5.41, 5.74) is 7.36. The Labute approximate surface area is 233 Å². The van der Waals surface area contributed by atoms with Gasteiger partial charge in [-0.15, -0.1) is 0 Å². The first-order chi connectivity index (χ1) is 19.8. The molecule has 0 aliphatic rings. The monoisotopic (exact) mass is 507 g/mol. The fourth-order valence-electron chi connectivity index (χ4n) is 6.29. The van der Waals surface area contributed by atoms with Crippen LogP contribution >= 0.6 is 0 Å². The van der Waals surface area contributed by atoms with Gasteiger partial charge in [-0.05, 0) is 95.2 Å². The van der Waals surface area contributed by atoms with E-state index in [1.54, 1.807) is 0 Å². The van der Waals surface area contributed by atoms with Gasteiger partial charge in [-0.3, -0.25) is 4.98 Å². The molecule has 0 amide bonds. The minimum atomic E-state index is 1.14. The van der Waals surface area contributed by atoms with E-state index in [-0.39, 0.29) is 0 Å². The molecule has 0 saturated heterocycles. The summed E-state index contributed by atoms with van der Waals surface area (Å²) in [6, 6.07) is 50.7. The lowest BCUT2D eigenvalue weighted by molar-refractivity contribution is 1.33. The number of fused-ring (bicyclic) bond motifs is 4. The minimum absolute atomic E-state index is 1.14. The van der Waals surface area contributed by atoms with Gasteiger partial charge in [0.15, 0.2) is 0 Å². The molecule has 0 bridgehead atoms. The molecular weight excluding hydrogens is 482 g/mol. The van der Waals surface area contributed by atoms with Gasteiger partial charge < -0.3 is 0 Å². The van der Waals surface area contributed by atoms with Gasteiger partial charge in [0.25, 0.3) is 0 Å². The van der Waals surface area contributed by atoms with Gasteiger partial charge in [0.2, 0.25) is 0 Å². The summed E-state index contributed by atoms with van der Waals surface area (Å²) in [6.45, 7) is 0. The third kappa shape index (κ3) is 3.60. The van der Waals surface area contributed by atoms with Crippen molar-refractivity contribution in [2.75, 3.05) is 0 Å². The summed E-state index contributed by atoms with van der Waals surface area (Å²) in [4.78, 5) is 4.46. The topological polar surface area (TPSA) is 12.9 Å². The fourth-order valence-corrected chi connectivity index (χ4v) is 6.29. The van der Waals surface area contributed by atoms with E-state index in [0.717, 1.165) is 5.56 Å². The summed E-state index contributed by atoms with van der Waals surface area (Å²) in [6.07, 6.45) is 3.82. The van der Waals surface area contributed by atoms with Crippen LogP contribution in [0.2, 0.25) is 0 Å². The normalized spacial score (nSPS) is 11.5. The third-order valence-corrected chi connectivity index (χ3v) is 8.10. The Kier molecular flexibility index (Phi) is 5.21. The maximum atomic E-state index is 4.46. The molecule has 8 rings (SSSR count). The lowest BCUT2D eigenvalue weighted by Crippen LogP contribution is -1.92. The van der Waals surface area contributed by atoms with Crippen LogP contribution in [0.4, 0.5) is 0 Å². The van der Waals surface area contributed by atoms with Crippen LogP contribution in [-0.2, 0) is 0 Å². The molecule has 186 valence electrons. The molecule has 1 aromatic heterocycles. The van der Waals surface area contributed by atoms with E-state index in [2.05, 4.69) is 138 Å². The molecule has 7 aromatic carbocycles. The van der Waals surface area contributed by atoms with Gasteiger partial charge >= 0.3 is 0 Å². The molecule has 0 fully saturated rings. The van der Waals surface area contributed by atoms with Gasteiger partial charge in [0.05, 0.1) is 0 Å². The largest absolute Gasteiger partial charge is 0.264 e. The smallest absolute Gasteiger partial charge is 0.0346 e. The molecule has 0 radical (unpaired) electrons. The van der Waals surface area contributed by atoms with Crippen LogP contribution in [0.15, 0.2) is 152 Å². The molecule has 0 aliphatic carbocycles. The van der Waals surface area contributed by atoms with Crippen molar-refractivity contribution in [2.45, 2.75) is 0 Å². The second-order valence-electron chi connectivity index (χ2n) is 10.4. The van der Waals surface area contributed by atoms with Crippen LogP contribution in [0, 0.1) is 0 Å². The average Bonchev–Trinajstić information content (AvgIpc) is 3.03. The van der Waals surface area contributed by atoms with E-state index < -0.39 is 0 Å². The zero-order valence-electron chi connectivity index (χ0n) is 21.9. The van der Waals surface area contributed by atoms with Crippen molar-refractivity contribution in [3.05, 3.63) is 152 Å². The summed E-state index contributed by atoms with van der Waals surface area (Å²) in [7, 11) is 0. The van der Waals surface area contributed by atoms with Gasteiger partial charge in [-0.25, -0.2) is 0 Å². The lowest BCUT2D eigenvalue weighted by atomic mass is 9.84. The minimum Gasteiger partial charge on any atom is -0.264 e. The Morgan fingerprint density at radius 2 is 0.925 bits per heavy atom. The van der Waals surface area contributed by atoms with Crippen LogP contribution in [0.1, 0.15) is 0 Å². The summed E-state index contributed by atoms with van der Waals surface area (Å²) >= 11 is 0. The number of nitrogens with zero attached hydrogens (tertiary/aromatic N) is 1. The van der Waals surface area contributed by atoms with E-state index in [4.69, 9.17) is 0 Å². The van der Waals surface area contributed by atoms with Gasteiger partial charge in [0.1, 0.15) is 0 Å². The molecule has 1 heteroatoms. The summed E-state index contributed by atoms with van der Waals surface area (Å²) in [5.74, 6) is 0. The maximum absolute atomic E-state index is 4.46. The number of hydrogen-bond acceptors (Lipinski definition) is 1. The fraction of sp³-hybridized carbons (Fsp3) is 0. The molecule has 0 saturated carbocycles. The Hall–Kier alpha value is -5.27. The SMILES string of the molecule is c1cncc(-c2c3ccccc3c(-c3cc(-c4ccc5ccccc5c4)cc4ccccc34)c3ccccc23)c1. The zero-order valence-corrected chi connectivity index (χ0v) is 21.9. The molecule has 0 N–H and O–H groups in total. The molecule has 0 unspecified atom stereocenters. The van der Waals surface area contributed by atoms with E-state index in [0.29, 0.717) is 0 Å². The van der Waals surface area contributed by atoms with Crippen molar-refractivity contribution in [1.82, 2.24) is 4.98 Å². The second-order valence-corrected chi connectivity index (χ2v) is 10.4. The molecule has 40 heavy (non-hydrogen) atoms. The van der Waals surface area contributed by atoms with Crippen molar-refractivity contribution in [3.63, 3.8) is 0 Å². The Bertz CT molecular complexity index is 2150. The predicted octanol–water partition coefficient (Wildman–Crippen LogP) is 10.7. The predicted molar refractivity (Wildman–Crippen MR) is 171 cm³/mol. The highest BCUT2D eigenvalue weighted by Gasteiger charge is 2.18. The van der Waals surface area contributed by atoms with Crippen molar-refractivity contribution in [1.29, 1.82) is 0 Å². The molecule has 8 aromatic rings. The van der Waals surface area contributed by atoms with E-state index in [1.165, 1.54) is 70.9 Å². The van der Waals surface area contributed by atoms with Crippen LogP contribution in [-0.4, -0.2) is 4.98 Å². The molecule has 1 nitrogen and oxygen atoms in total. The Morgan fingerprint density at radius 1 is 0.350 bits per heavy atom. The number of pyridine rings is 1. The van der Waals surface area contributed by atoms with Crippen LogP contribution in [0.5, 0.6) is 0 Å². The van der Waals surface area contributed by atoms with Crippen LogP contribution in [0.3, 0.4) is 0 Å². The van der Waals surface area contributed by atoms with Crippen molar-refractivity contribution in [3.8, 4) is 33.4 Å². The number of benzene rings is 7. The van der Waals surface area contributed by atoms with Crippen LogP contribution in [0.25, 0.3) is 76.5 Å². The number of rotatable bonds is 3. The first-order valence-electron chi connectivity index (χ1n) is 13.7. The van der Waals surface area contributed by atoms with Gasteiger partial charge in [0, 0.05) is 18.0 Å². The Balaban J connectivity index is 1.50. The molecular formula is C39H25N. The molecule has 0 spiro atoms. The molecule has 0 aliphatic heterocycles. The van der Waals surface area contributed by atoms with Gasteiger partial charge in [-0.1, -0.05) is 115 Å². The van der Waals surface area contributed by atoms with Crippen molar-refractivity contribution >= 4 is 43.1 Å². The first kappa shape index (κ1) is 22.7. The standard InChI is InChI=1S/C39H25N/c1-2-11-27-22-28(20-19-26(27)10-1)31-23-29-12-3-4-14-32(29)37(24-31)39-35-17-7-5-15-33(35)38(30-13-9-21-40-25-30)34-16-6-8-18-36(34)39/h1-25H.